The second kappa shape index (κ2) is 29.2. The molecule has 4 aromatic carbocycles. The highest BCUT2D eigenvalue weighted by molar-refractivity contribution is 6.26. The van der Waals surface area contributed by atoms with E-state index in [0.29, 0.717) is 12.8 Å². The Labute approximate surface area is 372 Å². The lowest BCUT2D eigenvalue weighted by molar-refractivity contribution is -0.138. The Hall–Kier alpha value is -4.20. The molecule has 344 valence electrons. The van der Waals surface area contributed by atoms with Gasteiger partial charge in [0.25, 0.3) is 0 Å². The summed E-state index contributed by atoms with van der Waals surface area (Å²) in [6, 6.07) is 10.9. The van der Waals surface area contributed by atoms with Crippen molar-refractivity contribution in [3.8, 4) is 23.0 Å². The second-order valence-electron chi connectivity index (χ2n) is 18.3. The number of phenols is 4. The summed E-state index contributed by atoms with van der Waals surface area (Å²) in [6.07, 6.45) is 37.6. The van der Waals surface area contributed by atoms with Crippen molar-refractivity contribution in [3.05, 3.63) is 47.5 Å². The van der Waals surface area contributed by atoms with Gasteiger partial charge in [0.15, 0.2) is 11.5 Å². The van der Waals surface area contributed by atoms with Crippen LogP contribution >= 0.6 is 0 Å². The summed E-state index contributed by atoms with van der Waals surface area (Å²) in [7, 11) is 0. The van der Waals surface area contributed by atoms with Gasteiger partial charge in [-0.15, -0.1) is 0 Å². The van der Waals surface area contributed by atoms with Crippen LogP contribution in [0.15, 0.2) is 36.4 Å². The Kier molecular flexibility index (Phi) is 23.8. The molecule has 6 N–H and O–H groups in total. The molecule has 0 aliphatic carbocycles. The number of hydrogen-bond donors (Lipinski definition) is 6. The Bertz CT molecular complexity index is 1850. The molecule has 0 bridgehead atoms. The molecule has 0 fully saturated rings. The van der Waals surface area contributed by atoms with E-state index in [0.717, 1.165) is 120 Å². The van der Waals surface area contributed by atoms with Gasteiger partial charge in [0.05, 0.1) is 0 Å². The van der Waals surface area contributed by atoms with Gasteiger partial charge in [0, 0.05) is 12.8 Å². The van der Waals surface area contributed by atoms with Crippen molar-refractivity contribution in [1.29, 1.82) is 0 Å². The number of aryl methyl sites for hydroxylation is 2. The number of hydrogen-bond acceptors (Lipinski definition) is 6. The Morgan fingerprint density at radius 3 is 0.710 bits per heavy atom. The molecule has 0 amide bonds. The number of fused-ring (bicyclic) bond motifs is 6. The van der Waals surface area contributed by atoms with Crippen molar-refractivity contribution in [1.82, 2.24) is 0 Å². The number of carbonyl (C=O) groups is 2. The molecule has 0 radical (unpaired) electrons. The van der Waals surface area contributed by atoms with E-state index in [4.69, 9.17) is 10.2 Å². The quantitative estimate of drug-likeness (QED) is 0.0150. The van der Waals surface area contributed by atoms with Gasteiger partial charge in [-0.05, 0) is 118 Å². The van der Waals surface area contributed by atoms with E-state index in [1.54, 1.807) is 18.2 Å². The number of aromatic hydroxyl groups is 4. The van der Waals surface area contributed by atoms with Gasteiger partial charge >= 0.3 is 11.9 Å². The van der Waals surface area contributed by atoms with E-state index in [9.17, 15) is 30.0 Å². The molecule has 0 heterocycles. The van der Waals surface area contributed by atoms with Crippen LogP contribution in [0.5, 0.6) is 23.0 Å². The number of carboxylic acid groups (broad SMARTS) is 2. The lowest BCUT2D eigenvalue weighted by atomic mass is 9.89. The normalized spacial score (nSPS) is 11.7. The monoisotopic (exact) mass is 857 g/mol. The summed E-state index contributed by atoms with van der Waals surface area (Å²) >= 11 is 0. The topological polar surface area (TPSA) is 156 Å². The maximum absolute atomic E-state index is 11.3. The Morgan fingerprint density at radius 2 is 0.468 bits per heavy atom. The van der Waals surface area contributed by atoms with Gasteiger partial charge in [-0.3, -0.25) is 9.59 Å². The maximum atomic E-state index is 11.3. The first kappa shape index (κ1) is 50.4. The fourth-order valence-corrected chi connectivity index (χ4v) is 9.36. The van der Waals surface area contributed by atoms with Crippen molar-refractivity contribution < 1.29 is 40.2 Å². The van der Waals surface area contributed by atoms with Crippen LogP contribution in [0.3, 0.4) is 0 Å². The van der Waals surface area contributed by atoms with Crippen LogP contribution in [0.2, 0.25) is 0 Å². The summed E-state index contributed by atoms with van der Waals surface area (Å²) in [6.45, 7) is 0. The van der Waals surface area contributed by atoms with Crippen molar-refractivity contribution in [2.45, 2.75) is 218 Å². The highest BCUT2D eigenvalue weighted by Crippen LogP contribution is 2.44. The number of benzene rings is 4. The molecule has 8 heteroatoms. The molecular weight excluding hydrogens is 777 g/mol. The standard InChI is InChI=1S/C54H80O8/c55-49-37-45-43-35-41(31-27-23-19-15-11-7-3-1-5-9-13-17-21-25-29-33-53(59)60)50(56)38-46(43)48-40-52(58)51(57)39-47(48)44(45)36-42(49)32-28-24-20-16-12-8-4-2-6-10-14-18-22-26-30-34-54(61)62/h35-40,55-58H,1-34H2,(H,59,60)(H,61,62). The van der Waals surface area contributed by atoms with Gasteiger partial charge in [0.2, 0.25) is 0 Å². The van der Waals surface area contributed by atoms with Gasteiger partial charge in [-0.2, -0.15) is 0 Å². The van der Waals surface area contributed by atoms with Gasteiger partial charge in [-0.1, -0.05) is 167 Å². The SMILES string of the molecule is O=C(O)CCCCCCCCCCCCCCCCCc1cc2c3cc(O)c(O)cc3c3cc(O)c(CCCCCCCCCCCCCCCCCC(=O)O)cc3c2cc1O. The molecule has 8 nitrogen and oxygen atoms in total. The van der Waals surface area contributed by atoms with E-state index < -0.39 is 11.9 Å². The first-order chi connectivity index (χ1) is 30.2. The predicted molar refractivity (Wildman–Crippen MR) is 256 cm³/mol. The minimum atomic E-state index is -0.687. The molecule has 62 heavy (non-hydrogen) atoms. The van der Waals surface area contributed by atoms with E-state index in [1.807, 2.05) is 6.07 Å². The molecule has 0 unspecified atom stereocenters. The summed E-state index contributed by atoms with van der Waals surface area (Å²) < 4.78 is 0. The Morgan fingerprint density at radius 1 is 0.274 bits per heavy atom. The van der Waals surface area contributed by atoms with Crippen molar-refractivity contribution in [2.75, 3.05) is 0 Å². The van der Waals surface area contributed by atoms with E-state index >= 15 is 0 Å². The molecule has 0 aliphatic heterocycles. The number of carboxylic acids is 2. The van der Waals surface area contributed by atoms with E-state index in [2.05, 4.69) is 12.1 Å². The second-order valence-corrected chi connectivity index (χ2v) is 18.3. The van der Waals surface area contributed by atoms with Gasteiger partial charge < -0.3 is 30.6 Å². The third kappa shape index (κ3) is 18.3. The zero-order valence-electron chi connectivity index (χ0n) is 38.0. The largest absolute Gasteiger partial charge is 0.508 e. The number of unbranched alkanes of at least 4 members (excludes halogenated alkanes) is 28. The van der Waals surface area contributed by atoms with Crippen molar-refractivity contribution in [2.24, 2.45) is 0 Å². The minimum Gasteiger partial charge on any atom is -0.508 e. The van der Waals surface area contributed by atoms with Gasteiger partial charge in [0.1, 0.15) is 11.5 Å². The van der Waals surface area contributed by atoms with Crippen LogP contribution in [0.25, 0.3) is 32.3 Å². The third-order valence-electron chi connectivity index (χ3n) is 13.1. The van der Waals surface area contributed by atoms with Crippen LogP contribution < -0.4 is 0 Å². The van der Waals surface area contributed by atoms with Crippen LogP contribution in [0, 0.1) is 0 Å². The summed E-state index contributed by atoms with van der Waals surface area (Å²) in [4.78, 5) is 21.2. The fraction of sp³-hybridized carbons (Fsp3) is 0.630. The molecule has 0 aromatic heterocycles. The minimum absolute atomic E-state index is 0.190. The van der Waals surface area contributed by atoms with Crippen molar-refractivity contribution >= 4 is 44.3 Å². The summed E-state index contributed by atoms with van der Waals surface area (Å²) in [5.74, 6) is -1.25. The first-order valence-corrected chi connectivity index (χ1v) is 24.9. The molecule has 0 spiro atoms. The molecule has 4 aromatic rings. The average molecular weight is 857 g/mol. The van der Waals surface area contributed by atoms with E-state index in [1.165, 1.54) is 128 Å². The molecule has 0 aliphatic rings. The molecule has 4 rings (SSSR count). The van der Waals surface area contributed by atoms with Gasteiger partial charge in [-0.25, -0.2) is 0 Å². The summed E-state index contributed by atoms with van der Waals surface area (Å²) in [5.41, 5.74) is 1.78. The molecule has 0 saturated carbocycles. The number of phenolic OH excluding ortho intramolecular Hbond substituents is 4. The van der Waals surface area contributed by atoms with Crippen molar-refractivity contribution in [3.63, 3.8) is 0 Å². The zero-order chi connectivity index (χ0) is 44.4. The van der Waals surface area contributed by atoms with Crippen LogP contribution in [-0.2, 0) is 22.4 Å². The van der Waals surface area contributed by atoms with E-state index in [-0.39, 0.29) is 23.0 Å². The number of aliphatic carboxylic acids is 2. The predicted octanol–water partition coefficient (Wildman–Crippen LogP) is 15.7. The highest BCUT2D eigenvalue weighted by atomic mass is 16.4. The Balaban J connectivity index is 1.18. The molecular formula is C54H80O8. The van der Waals surface area contributed by atoms with Crippen LogP contribution in [0.4, 0.5) is 0 Å². The maximum Gasteiger partial charge on any atom is 0.303 e. The lowest BCUT2D eigenvalue weighted by Crippen LogP contribution is -1.93. The zero-order valence-corrected chi connectivity index (χ0v) is 38.0. The summed E-state index contributed by atoms with van der Waals surface area (Å²) in [5, 5.41) is 66.1. The molecule has 0 atom stereocenters. The highest BCUT2D eigenvalue weighted by Gasteiger charge is 2.17. The lowest BCUT2D eigenvalue weighted by Gasteiger charge is -2.16. The average Bonchev–Trinajstić information content (AvgIpc) is 3.24. The number of rotatable bonds is 36. The van der Waals surface area contributed by atoms with Crippen LogP contribution in [0.1, 0.15) is 217 Å². The fourth-order valence-electron chi connectivity index (χ4n) is 9.36. The first-order valence-electron chi connectivity index (χ1n) is 24.9. The third-order valence-corrected chi connectivity index (χ3v) is 13.1. The molecule has 0 saturated heterocycles. The smallest absolute Gasteiger partial charge is 0.303 e. The van der Waals surface area contributed by atoms with Crippen LogP contribution in [-0.4, -0.2) is 42.6 Å².